The fourth-order valence-electron chi connectivity index (χ4n) is 4.75. The third kappa shape index (κ3) is 3.32. The van der Waals surface area contributed by atoms with Crippen LogP contribution >= 0.6 is 0 Å². The summed E-state index contributed by atoms with van der Waals surface area (Å²) in [6.07, 6.45) is -0.566. The number of aromatic nitrogens is 2. The number of hydrogen-bond acceptors (Lipinski definition) is 5. The molecule has 0 aliphatic carbocycles. The SMILES string of the molecule is Cc1cc(C)c(-c2cc(C(F)F)c(N3CC[C@H]4CCN(C)C[C@H]43)nn2)c(O)c1. The molecule has 2 aliphatic rings. The first-order valence-electron chi connectivity index (χ1n) is 9.76. The summed E-state index contributed by atoms with van der Waals surface area (Å²) in [6, 6.07) is 5.11. The molecule has 0 bridgehead atoms. The van der Waals surface area contributed by atoms with Crippen molar-refractivity contribution in [3.05, 3.63) is 34.9 Å². The largest absolute Gasteiger partial charge is 0.507 e. The minimum atomic E-state index is -2.66. The molecule has 28 heavy (non-hydrogen) atoms. The Labute approximate surface area is 164 Å². The van der Waals surface area contributed by atoms with Crippen molar-refractivity contribution in [1.29, 1.82) is 0 Å². The van der Waals surface area contributed by atoms with Crippen molar-refractivity contribution in [2.24, 2.45) is 5.92 Å². The van der Waals surface area contributed by atoms with Crippen LogP contribution in [0.15, 0.2) is 18.2 Å². The van der Waals surface area contributed by atoms with E-state index in [1.165, 1.54) is 6.07 Å². The predicted octanol–water partition coefficient (Wildman–Crippen LogP) is 3.93. The highest BCUT2D eigenvalue weighted by molar-refractivity contribution is 5.72. The van der Waals surface area contributed by atoms with Gasteiger partial charge in [0.2, 0.25) is 0 Å². The van der Waals surface area contributed by atoms with E-state index in [1.54, 1.807) is 6.07 Å². The molecular formula is C21H26F2N4O. The predicted molar refractivity (Wildman–Crippen MR) is 105 cm³/mol. The standard InChI is InChI=1S/C21H26F2N4O/c1-12-8-13(2)19(18(28)9-12)16-10-15(20(22)23)21(25-24-16)27-7-5-14-4-6-26(3)11-17(14)27/h8-10,14,17,20,28H,4-7,11H2,1-3H3/t14-,17-/m1/s1. The van der Waals surface area contributed by atoms with Crippen LogP contribution in [0.1, 0.15) is 36.0 Å². The molecule has 4 rings (SSSR count). The molecule has 0 saturated carbocycles. The van der Waals surface area contributed by atoms with Crippen molar-refractivity contribution in [3.8, 4) is 17.0 Å². The van der Waals surface area contributed by atoms with Crippen LogP contribution in [0, 0.1) is 19.8 Å². The highest BCUT2D eigenvalue weighted by Crippen LogP contribution is 2.40. The Morgan fingerprint density at radius 1 is 1.11 bits per heavy atom. The van der Waals surface area contributed by atoms with E-state index >= 15 is 0 Å². The average molecular weight is 388 g/mol. The number of alkyl halides is 2. The number of phenols is 1. The van der Waals surface area contributed by atoms with Gasteiger partial charge in [0.05, 0.1) is 11.3 Å². The summed E-state index contributed by atoms with van der Waals surface area (Å²) in [5.41, 5.74) is 2.32. The monoisotopic (exact) mass is 388 g/mol. The summed E-state index contributed by atoms with van der Waals surface area (Å²) in [5, 5.41) is 18.8. The molecular weight excluding hydrogens is 362 g/mol. The van der Waals surface area contributed by atoms with E-state index in [-0.39, 0.29) is 28.9 Å². The van der Waals surface area contributed by atoms with E-state index in [1.807, 2.05) is 24.8 Å². The second-order valence-electron chi connectivity index (χ2n) is 8.15. The molecule has 0 radical (unpaired) electrons. The van der Waals surface area contributed by atoms with Crippen LogP contribution in [0.3, 0.4) is 0 Å². The van der Waals surface area contributed by atoms with Crippen molar-refractivity contribution in [3.63, 3.8) is 0 Å². The van der Waals surface area contributed by atoms with Gasteiger partial charge >= 0.3 is 0 Å². The molecule has 0 unspecified atom stereocenters. The Morgan fingerprint density at radius 2 is 1.86 bits per heavy atom. The average Bonchev–Trinajstić information content (AvgIpc) is 3.03. The maximum atomic E-state index is 14.0. The third-order valence-electron chi connectivity index (χ3n) is 6.09. The number of anilines is 1. The van der Waals surface area contributed by atoms with Crippen molar-refractivity contribution in [2.45, 2.75) is 39.2 Å². The minimum Gasteiger partial charge on any atom is -0.507 e. The van der Waals surface area contributed by atoms with Crippen molar-refractivity contribution < 1.29 is 13.9 Å². The van der Waals surface area contributed by atoms with Gasteiger partial charge in [0.25, 0.3) is 6.43 Å². The molecule has 2 fully saturated rings. The van der Waals surface area contributed by atoms with Gasteiger partial charge in [-0.3, -0.25) is 0 Å². The van der Waals surface area contributed by atoms with Crippen LogP contribution in [0.4, 0.5) is 14.6 Å². The van der Waals surface area contributed by atoms with Crippen LogP contribution in [0.5, 0.6) is 5.75 Å². The molecule has 0 amide bonds. The van der Waals surface area contributed by atoms with Crippen molar-refractivity contribution in [2.75, 3.05) is 31.6 Å². The number of piperidine rings is 1. The first kappa shape index (κ1) is 19.1. The number of likely N-dealkylation sites (tertiary alicyclic amines) is 1. The van der Waals surface area contributed by atoms with Crippen LogP contribution in [0.25, 0.3) is 11.3 Å². The van der Waals surface area contributed by atoms with Gasteiger partial charge in [0.1, 0.15) is 5.75 Å². The van der Waals surface area contributed by atoms with Gasteiger partial charge < -0.3 is 14.9 Å². The number of aryl methyl sites for hydroxylation is 2. The minimum absolute atomic E-state index is 0.0370. The number of nitrogens with zero attached hydrogens (tertiary/aromatic N) is 4. The van der Waals surface area contributed by atoms with Crippen LogP contribution in [0.2, 0.25) is 0 Å². The fraction of sp³-hybridized carbons (Fsp3) is 0.524. The van der Waals surface area contributed by atoms with E-state index < -0.39 is 6.43 Å². The summed E-state index contributed by atoms with van der Waals surface area (Å²) < 4.78 is 28.0. The Bertz CT molecular complexity index is 866. The molecule has 1 aromatic carbocycles. The fourth-order valence-corrected chi connectivity index (χ4v) is 4.75. The maximum absolute atomic E-state index is 14.0. The number of benzene rings is 1. The van der Waals surface area contributed by atoms with Crippen LogP contribution in [-0.2, 0) is 0 Å². The number of rotatable bonds is 3. The summed E-state index contributed by atoms with van der Waals surface area (Å²) in [4.78, 5) is 4.26. The van der Waals surface area contributed by atoms with Gasteiger partial charge in [-0.2, -0.15) is 0 Å². The van der Waals surface area contributed by atoms with E-state index in [0.29, 0.717) is 11.5 Å². The number of halogens is 2. The van der Waals surface area contributed by atoms with E-state index in [2.05, 4.69) is 22.1 Å². The number of phenolic OH excluding ortho intramolecular Hbond substituents is 1. The summed E-state index contributed by atoms with van der Waals surface area (Å²) in [7, 11) is 2.07. The zero-order valence-corrected chi connectivity index (χ0v) is 16.5. The maximum Gasteiger partial charge on any atom is 0.267 e. The highest BCUT2D eigenvalue weighted by Gasteiger charge is 2.39. The van der Waals surface area contributed by atoms with Gasteiger partial charge in [-0.25, -0.2) is 8.78 Å². The van der Waals surface area contributed by atoms with E-state index in [0.717, 1.165) is 43.6 Å². The lowest BCUT2D eigenvalue weighted by molar-refractivity contribution is 0.150. The lowest BCUT2D eigenvalue weighted by Crippen LogP contribution is -2.47. The van der Waals surface area contributed by atoms with Crippen LogP contribution in [-0.4, -0.2) is 52.9 Å². The molecule has 2 aliphatic heterocycles. The molecule has 3 heterocycles. The summed E-state index contributed by atoms with van der Waals surface area (Å²) >= 11 is 0. The molecule has 2 atom stereocenters. The van der Waals surface area contributed by atoms with Gasteiger partial charge in [-0.1, -0.05) is 6.07 Å². The summed E-state index contributed by atoms with van der Waals surface area (Å²) in [5.74, 6) is 0.840. The highest BCUT2D eigenvalue weighted by atomic mass is 19.3. The zero-order chi connectivity index (χ0) is 20.0. The topological polar surface area (TPSA) is 52.5 Å². The van der Waals surface area contributed by atoms with Gasteiger partial charge in [0, 0.05) is 24.7 Å². The zero-order valence-electron chi connectivity index (χ0n) is 16.5. The number of hydrogen-bond donors (Lipinski definition) is 1. The first-order valence-corrected chi connectivity index (χ1v) is 9.76. The lowest BCUT2D eigenvalue weighted by Gasteiger charge is -2.37. The molecule has 2 saturated heterocycles. The molecule has 0 spiro atoms. The lowest BCUT2D eigenvalue weighted by atomic mass is 9.92. The number of aromatic hydroxyl groups is 1. The normalized spacial score (nSPS) is 22.7. The first-order chi connectivity index (χ1) is 13.3. The van der Waals surface area contributed by atoms with Gasteiger partial charge in [-0.05, 0) is 69.5 Å². The Hall–Kier alpha value is -2.28. The number of fused-ring (bicyclic) bond motifs is 1. The molecule has 2 aromatic rings. The second-order valence-corrected chi connectivity index (χ2v) is 8.15. The molecule has 5 nitrogen and oxygen atoms in total. The molecule has 150 valence electrons. The quantitative estimate of drug-likeness (QED) is 0.863. The Morgan fingerprint density at radius 3 is 2.57 bits per heavy atom. The molecule has 1 N–H and O–H groups in total. The second kappa shape index (κ2) is 7.28. The number of likely N-dealkylation sites (N-methyl/N-ethyl adjacent to an activating group) is 1. The molecule has 7 heteroatoms. The van der Waals surface area contributed by atoms with E-state index in [9.17, 15) is 13.9 Å². The Balaban J connectivity index is 1.75. The van der Waals surface area contributed by atoms with Crippen molar-refractivity contribution in [1.82, 2.24) is 15.1 Å². The van der Waals surface area contributed by atoms with E-state index in [4.69, 9.17) is 0 Å². The summed E-state index contributed by atoms with van der Waals surface area (Å²) in [6.45, 7) is 6.34. The van der Waals surface area contributed by atoms with Crippen molar-refractivity contribution >= 4 is 5.82 Å². The smallest absolute Gasteiger partial charge is 0.267 e. The third-order valence-corrected chi connectivity index (χ3v) is 6.09. The van der Waals surface area contributed by atoms with Gasteiger partial charge in [-0.15, -0.1) is 10.2 Å². The Kier molecular flexibility index (Phi) is 4.95. The van der Waals surface area contributed by atoms with Gasteiger partial charge in [0.15, 0.2) is 5.82 Å². The van der Waals surface area contributed by atoms with Crippen LogP contribution < -0.4 is 4.90 Å². The molecule has 1 aromatic heterocycles.